The van der Waals surface area contributed by atoms with E-state index in [0.29, 0.717) is 5.92 Å². The zero-order valence-electron chi connectivity index (χ0n) is 10.7. The summed E-state index contributed by atoms with van der Waals surface area (Å²) in [7, 11) is 0. The molecule has 0 aromatic carbocycles. The van der Waals surface area contributed by atoms with E-state index in [9.17, 15) is 4.79 Å². The summed E-state index contributed by atoms with van der Waals surface area (Å²) in [6.07, 6.45) is 0.913. The monoisotopic (exact) mass is 252 g/mol. The van der Waals surface area contributed by atoms with Gasteiger partial charge in [-0.2, -0.15) is 0 Å². The lowest BCUT2D eigenvalue weighted by molar-refractivity contribution is 0.0669. The first-order valence-corrected chi connectivity index (χ1v) is 6.92. The van der Waals surface area contributed by atoms with E-state index in [4.69, 9.17) is 5.73 Å². The molecule has 1 amide bonds. The lowest BCUT2D eigenvalue weighted by atomic mass is 9.95. The second kappa shape index (κ2) is 4.78. The molecule has 2 rings (SSSR count). The Bertz CT molecular complexity index is 408. The fourth-order valence-electron chi connectivity index (χ4n) is 2.18. The van der Waals surface area contributed by atoms with Crippen molar-refractivity contribution in [2.45, 2.75) is 33.2 Å². The van der Waals surface area contributed by atoms with Crippen molar-refractivity contribution in [3.05, 3.63) is 21.4 Å². The standard InChI is InChI=1S/C13H20N2OS/c1-8-6-12(17-10(8)3)13(16)15-5-4-11(14)9(2)7-15/h6,9,11H,4-5,7,14H2,1-3H3. The van der Waals surface area contributed by atoms with Gasteiger partial charge in [-0.15, -0.1) is 11.3 Å². The summed E-state index contributed by atoms with van der Waals surface area (Å²) in [6, 6.07) is 2.24. The Labute approximate surface area is 107 Å². The van der Waals surface area contributed by atoms with Crippen molar-refractivity contribution in [3.63, 3.8) is 0 Å². The first-order chi connectivity index (χ1) is 7.99. The van der Waals surface area contributed by atoms with Crippen LogP contribution in [0, 0.1) is 19.8 Å². The molecule has 1 aromatic heterocycles. The molecule has 0 saturated carbocycles. The molecular weight excluding hydrogens is 232 g/mol. The van der Waals surface area contributed by atoms with E-state index in [2.05, 4.69) is 20.8 Å². The zero-order valence-corrected chi connectivity index (χ0v) is 11.5. The van der Waals surface area contributed by atoms with Gasteiger partial charge in [0.05, 0.1) is 4.88 Å². The highest BCUT2D eigenvalue weighted by atomic mass is 32.1. The minimum atomic E-state index is 0.171. The number of rotatable bonds is 1. The fraction of sp³-hybridized carbons (Fsp3) is 0.615. The number of carbonyl (C=O) groups is 1. The molecule has 1 fully saturated rings. The van der Waals surface area contributed by atoms with Crippen LogP contribution >= 0.6 is 11.3 Å². The van der Waals surface area contributed by atoms with E-state index in [0.717, 1.165) is 24.4 Å². The largest absolute Gasteiger partial charge is 0.338 e. The van der Waals surface area contributed by atoms with Crippen molar-refractivity contribution in [2.75, 3.05) is 13.1 Å². The molecule has 1 aromatic rings. The predicted octanol–water partition coefficient (Wildman–Crippen LogP) is 2.17. The molecule has 2 heterocycles. The molecule has 17 heavy (non-hydrogen) atoms. The van der Waals surface area contributed by atoms with Crippen LogP contribution < -0.4 is 5.73 Å². The number of piperidine rings is 1. The second-order valence-electron chi connectivity index (χ2n) is 5.03. The molecule has 94 valence electrons. The Morgan fingerprint density at radius 1 is 1.53 bits per heavy atom. The molecule has 0 spiro atoms. The van der Waals surface area contributed by atoms with Gasteiger partial charge in [-0.3, -0.25) is 4.79 Å². The molecule has 1 aliphatic heterocycles. The topological polar surface area (TPSA) is 46.3 Å². The average Bonchev–Trinajstić information content (AvgIpc) is 2.62. The molecule has 2 atom stereocenters. The minimum absolute atomic E-state index is 0.171. The summed E-state index contributed by atoms with van der Waals surface area (Å²) in [5.74, 6) is 0.569. The predicted molar refractivity (Wildman–Crippen MR) is 71.5 cm³/mol. The van der Waals surface area contributed by atoms with Crippen molar-refractivity contribution < 1.29 is 4.79 Å². The number of nitrogens with zero attached hydrogens (tertiary/aromatic N) is 1. The molecular formula is C13H20N2OS. The molecule has 1 saturated heterocycles. The molecule has 1 aliphatic rings. The number of aryl methyl sites for hydroxylation is 2. The van der Waals surface area contributed by atoms with Gasteiger partial charge in [0, 0.05) is 24.0 Å². The van der Waals surface area contributed by atoms with E-state index in [1.807, 2.05) is 11.0 Å². The average molecular weight is 252 g/mol. The van der Waals surface area contributed by atoms with Crippen LogP contribution in [0.15, 0.2) is 6.07 Å². The normalized spacial score (nSPS) is 25.1. The lowest BCUT2D eigenvalue weighted by Crippen LogP contribution is -2.48. The number of carbonyl (C=O) groups excluding carboxylic acids is 1. The molecule has 4 heteroatoms. The van der Waals surface area contributed by atoms with E-state index in [1.54, 1.807) is 11.3 Å². The summed E-state index contributed by atoms with van der Waals surface area (Å²) in [5.41, 5.74) is 7.18. The molecule has 3 nitrogen and oxygen atoms in total. The molecule has 0 aliphatic carbocycles. The van der Waals surface area contributed by atoms with Crippen molar-refractivity contribution in [2.24, 2.45) is 11.7 Å². The number of nitrogens with two attached hydrogens (primary N) is 1. The van der Waals surface area contributed by atoms with Gasteiger partial charge in [-0.25, -0.2) is 0 Å². The number of likely N-dealkylation sites (tertiary alicyclic amines) is 1. The Morgan fingerprint density at radius 3 is 2.76 bits per heavy atom. The van der Waals surface area contributed by atoms with Crippen molar-refractivity contribution in [3.8, 4) is 0 Å². The van der Waals surface area contributed by atoms with E-state index < -0.39 is 0 Å². The van der Waals surface area contributed by atoms with Crippen LogP contribution in [0.4, 0.5) is 0 Å². The Kier molecular flexibility index (Phi) is 3.54. The summed E-state index contributed by atoms with van der Waals surface area (Å²) in [4.78, 5) is 16.4. The van der Waals surface area contributed by atoms with Gasteiger partial charge in [0.25, 0.3) is 5.91 Å². The van der Waals surface area contributed by atoms with Crippen LogP contribution in [-0.2, 0) is 0 Å². The maximum atomic E-state index is 12.3. The molecule has 0 radical (unpaired) electrons. The van der Waals surface area contributed by atoms with Crippen molar-refractivity contribution in [1.82, 2.24) is 4.90 Å². The van der Waals surface area contributed by atoms with Gasteiger partial charge in [-0.05, 0) is 37.8 Å². The van der Waals surface area contributed by atoms with Crippen LogP contribution in [0.1, 0.15) is 33.5 Å². The van der Waals surface area contributed by atoms with Crippen LogP contribution in [-0.4, -0.2) is 29.9 Å². The summed E-state index contributed by atoms with van der Waals surface area (Å²) in [6.45, 7) is 7.81. The Hall–Kier alpha value is -0.870. The Balaban J connectivity index is 2.10. The highest BCUT2D eigenvalue weighted by Crippen LogP contribution is 2.24. The van der Waals surface area contributed by atoms with Gasteiger partial charge in [0.1, 0.15) is 0 Å². The van der Waals surface area contributed by atoms with Crippen LogP contribution in [0.25, 0.3) is 0 Å². The highest BCUT2D eigenvalue weighted by molar-refractivity contribution is 7.14. The van der Waals surface area contributed by atoms with Gasteiger partial charge >= 0.3 is 0 Å². The van der Waals surface area contributed by atoms with Crippen LogP contribution in [0.3, 0.4) is 0 Å². The zero-order chi connectivity index (χ0) is 12.6. The third-order valence-electron chi connectivity index (χ3n) is 3.64. The number of amides is 1. The van der Waals surface area contributed by atoms with E-state index >= 15 is 0 Å². The summed E-state index contributed by atoms with van der Waals surface area (Å²) in [5, 5.41) is 0. The van der Waals surface area contributed by atoms with E-state index in [-0.39, 0.29) is 11.9 Å². The number of thiophene rings is 1. The molecule has 0 bridgehead atoms. The molecule has 2 N–H and O–H groups in total. The van der Waals surface area contributed by atoms with Crippen LogP contribution in [0.2, 0.25) is 0 Å². The van der Waals surface area contributed by atoms with Crippen LogP contribution in [0.5, 0.6) is 0 Å². The fourth-order valence-corrected chi connectivity index (χ4v) is 3.18. The third-order valence-corrected chi connectivity index (χ3v) is 4.78. The highest BCUT2D eigenvalue weighted by Gasteiger charge is 2.27. The summed E-state index contributed by atoms with van der Waals surface area (Å²) >= 11 is 1.60. The SMILES string of the molecule is Cc1cc(C(=O)N2CCC(N)C(C)C2)sc1C. The number of hydrogen-bond donors (Lipinski definition) is 1. The quantitative estimate of drug-likeness (QED) is 0.832. The number of hydrogen-bond acceptors (Lipinski definition) is 3. The first kappa shape index (κ1) is 12.6. The summed E-state index contributed by atoms with van der Waals surface area (Å²) < 4.78 is 0. The van der Waals surface area contributed by atoms with Gasteiger partial charge < -0.3 is 10.6 Å². The van der Waals surface area contributed by atoms with E-state index in [1.165, 1.54) is 10.4 Å². The van der Waals surface area contributed by atoms with Crippen molar-refractivity contribution >= 4 is 17.2 Å². The van der Waals surface area contributed by atoms with Gasteiger partial charge in [0.15, 0.2) is 0 Å². The lowest BCUT2D eigenvalue weighted by Gasteiger charge is -2.34. The third kappa shape index (κ3) is 2.53. The molecule has 2 unspecified atom stereocenters. The first-order valence-electron chi connectivity index (χ1n) is 6.11. The minimum Gasteiger partial charge on any atom is -0.338 e. The smallest absolute Gasteiger partial charge is 0.263 e. The van der Waals surface area contributed by atoms with Gasteiger partial charge in [-0.1, -0.05) is 6.92 Å². The maximum absolute atomic E-state index is 12.3. The second-order valence-corrected chi connectivity index (χ2v) is 6.29. The Morgan fingerprint density at radius 2 is 2.24 bits per heavy atom. The van der Waals surface area contributed by atoms with Gasteiger partial charge in [0.2, 0.25) is 0 Å². The maximum Gasteiger partial charge on any atom is 0.263 e. The van der Waals surface area contributed by atoms with Crippen molar-refractivity contribution in [1.29, 1.82) is 0 Å².